The van der Waals surface area contributed by atoms with Crippen LogP contribution < -0.4 is 10.2 Å². The van der Waals surface area contributed by atoms with Crippen molar-refractivity contribution in [2.45, 2.75) is 76.7 Å². The smallest absolute Gasteiger partial charge is 0.129 e. The lowest BCUT2D eigenvalue weighted by molar-refractivity contribution is 0.176. The van der Waals surface area contributed by atoms with Crippen molar-refractivity contribution >= 4 is 5.82 Å². The highest BCUT2D eigenvalue weighted by molar-refractivity contribution is 5.65. The third kappa shape index (κ3) is 5.48. The first-order valence-electron chi connectivity index (χ1n) is 13.1. The Hall–Kier alpha value is -1.95. The van der Waals surface area contributed by atoms with Crippen LogP contribution in [0.4, 0.5) is 5.82 Å². The Morgan fingerprint density at radius 1 is 1.00 bits per heavy atom. The fourth-order valence-corrected chi connectivity index (χ4v) is 5.59. The maximum absolute atomic E-state index is 9.45. The van der Waals surface area contributed by atoms with Gasteiger partial charge in [0, 0.05) is 44.5 Å². The van der Waals surface area contributed by atoms with Crippen molar-refractivity contribution in [2.24, 2.45) is 5.92 Å². The molecule has 0 saturated carbocycles. The van der Waals surface area contributed by atoms with Gasteiger partial charge in [-0.05, 0) is 78.2 Å². The quantitative estimate of drug-likeness (QED) is 0.530. The van der Waals surface area contributed by atoms with Crippen LogP contribution in [0, 0.1) is 5.92 Å². The average molecular weight is 466 g/mol. The second kappa shape index (κ2) is 10.3. The summed E-state index contributed by atoms with van der Waals surface area (Å²) in [5.41, 5.74) is 5.64. The van der Waals surface area contributed by atoms with Gasteiger partial charge in [0.05, 0.1) is 5.69 Å². The molecule has 1 saturated heterocycles. The molecule has 3 N–H and O–H groups in total. The first-order chi connectivity index (χ1) is 16.2. The topological polar surface area (TPSA) is 68.6 Å². The van der Waals surface area contributed by atoms with Crippen LogP contribution in [0.3, 0.4) is 0 Å². The van der Waals surface area contributed by atoms with Gasteiger partial charge in [0.15, 0.2) is 0 Å². The van der Waals surface area contributed by atoms with Crippen LogP contribution >= 0.6 is 0 Å². The van der Waals surface area contributed by atoms with Crippen molar-refractivity contribution in [3.8, 4) is 11.3 Å². The summed E-state index contributed by atoms with van der Waals surface area (Å²) in [5, 5.41) is 22.2. The number of pyridine rings is 1. The zero-order valence-electron chi connectivity index (χ0n) is 21.5. The zero-order chi connectivity index (χ0) is 24.3. The van der Waals surface area contributed by atoms with Gasteiger partial charge >= 0.3 is 0 Å². The van der Waals surface area contributed by atoms with Crippen molar-refractivity contribution in [3.05, 3.63) is 47.5 Å². The maximum atomic E-state index is 9.45. The molecule has 5 nitrogen and oxygen atoms in total. The van der Waals surface area contributed by atoms with Crippen LogP contribution in [0.2, 0.25) is 0 Å². The van der Waals surface area contributed by atoms with Crippen LogP contribution in [0.1, 0.15) is 70.9 Å². The van der Waals surface area contributed by atoms with Gasteiger partial charge in [-0.15, -0.1) is 0 Å². The molecule has 34 heavy (non-hydrogen) atoms. The molecule has 1 atom stereocenters. The molecular formula is C29H43N3O2. The number of anilines is 1. The number of hydrogen-bond acceptors (Lipinski definition) is 5. The van der Waals surface area contributed by atoms with Gasteiger partial charge in [0.1, 0.15) is 5.82 Å². The summed E-state index contributed by atoms with van der Waals surface area (Å²) in [4.78, 5) is 7.47. The van der Waals surface area contributed by atoms with Crippen LogP contribution in [-0.2, 0) is 10.8 Å². The van der Waals surface area contributed by atoms with Gasteiger partial charge in [-0.2, -0.15) is 0 Å². The van der Waals surface area contributed by atoms with E-state index in [1.54, 1.807) is 0 Å². The average Bonchev–Trinajstić information content (AvgIpc) is 2.85. The molecule has 1 unspecified atom stereocenters. The number of nitrogens with zero attached hydrogens (tertiary/aromatic N) is 2. The molecule has 4 rings (SSSR count). The van der Waals surface area contributed by atoms with Crippen molar-refractivity contribution in [2.75, 3.05) is 37.7 Å². The number of aliphatic hydroxyl groups is 2. The number of rotatable bonds is 8. The number of nitrogens with one attached hydrogen (secondary N) is 1. The van der Waals surface area contributed by atoms with E-state index in [0.717, 1.165) is 44.0 Å². The summed E-state index contributed by atoms with van der Waals surface area (Å²) in [7, 11) is 0. The highest BCUT2D eigenvalue weighted by Gasteiger charge is 2.37. The predicted molar refractivity (Wildman–Crippen MR) is 140 cm³/mol. The summed E-state index contributed by atoms with van der Waals surface area (Å²) in [5.74, 6) is 1.19. The van der Waals surface area contributed by atoms with E-state index < -0.39 is 0 Å². The van der Waals surface area contributed by atoms with Gasteiger partial charge in [-0.3, -0.25) is 0 Å². The number of hydrogen-bond donors (Lipinski definition) is 3. The van der Waals surface area contributed by atoms with Crippen molar-refractivity contribution in [1.82, 2.24) is 10.3 Å². The fraction of sp³-hybridized carbons (Fsp3) is 0.621. The maximum Gasteiger partial charge on any atom is 0.129 e. The molecule has 0 bridgehead atoms. The van der Waals surface area contributed by atoms with Gasteiger partial charge in [-0.25, -0.2) is 4.98 Å². The molecule has 1 fully saturated rings. The van der Waals surface area contributed by atoms with E-state index in [1.165, 1.54) is 29.5 Å². The minimum atomic E-state index is 0.125. The normalized spacial score (nSPS) is 20.7. The summed E-state index contributed by atoms with van der Waals surface area (Å²) in [6.45, 7) is 12.5. The summed E-state index contributed by atoms with van der Waals surface area (Å²) in [6, 6.07) is 13.8. The number of aromatic nitrogens is 1. The number of aliphatic hydroxyl groups excluding tert-OH is 2. The van der Waals surface area contributed by atoms with Crippen LogP contribution in [-0.4, -0.2) is 54.1 Å². The molecule has 1 aromatic heterocycles. The molecule has 5 heteroatoms. The molecule has 1 aromatic carbocycles. The van der Waals surface area contributed by atoms with Gasteiger partial charge in [-0.1, -0.05) is 45.9 Å². The van der Waals surface area contributed by atoms with Gasteiger partial charge in [0.2, 0.25) is 0 Å². The molecule has 2 aliphatic rings. The Bertz CT molecular complexity index is 964. The van der Waals surface area contributed by atoms with E-state index in [-0.39, 0.29) is 30.0 Å². The fourth-order valence-electron chi connectivity index (χ4n) is 5.59. The van der Waals surface area contributed by atoms with Gasteiger partial charge < -0.3 is 20.4 Å². The lowest BCUT2D eigenvalue weighted by atomic mass is 9.63. The Morgan fingerprint density at radius 3 is 2.38 bits per heavy atom. The van der Waals surface area contributed by atoms with Crippen LogP contribution in [0.15, 0.2) is 36.4 Å². The Balaban J connectivity index is 1.45. The highest BCUT2D eigenvalue weighted by Crippen LogP contribution is 2.46. The summed E-state index contributed by atoms with van der Waals surface area (Å²) >= 11 is 0. The minimum absolute atomic E-state index is 0.125. The lowest BCUT2D eigenvalue weighted by Crippen LogP contribution is -2.44. The van der Waals surface area contributed by atoms with E-state index in [1.807, 2.05) is 0 Å². The van der Waals surface area contributed by atoms with E-state index in [4.69, 9.17) is 10.1 Å². The number of fused-ring (bicyclic) bond motifs is 1. The van der Waals surface area contributed by atoms with E-state index >= 15 is 0 Å². The lowest BCUT2D eigenvalue weighted by Gasteiger charge is -2.42. The highest BCUT2D eigenvalue weighted by atomic mass is 16.3. The van der Waals surface area contributed by atoms with Crippen molar-refractivity contribution < 1.29 is 10.2 Å². The number of benzene rings is 1. The first-order valence-corrected chi connectivity index (χ1v) is 13.1. The summed E-state index contributed by atoms with van der Waals surface area (Å²) < 4.78 is 0. The molecule has 0 amide bonds. The molecule has 0 spiro atoms. The third-order valence-corrected chi connectivity index (χ3v) is 8.19. The Morgan fingerprint density at radius 2 is 1.71 bits per heavy atom. The molecule has 1 aliphatic carbocycles. The molecular weight excluding hydrogens is 422 g/mol. The molecule has 186 valence electrons. The second-order valence-corrected chi connectivity index (χ2v) is 11.6. The predicted octanol–water partition coefficient (Wildman–Crippen LogP) is 4.65. The van der Waals surface area contributed by atoms with Crippen LogP contribution in [0.25, 0.3) is 11.3 Å². The molecule has 2 heterocycles. The minimum Gasteiger partial charge on any atom is -0.396 e. The number of piperidine rings is 1. The SMILES string of the molecule is CC1(C)CCC(C)(C)c2cc(-c3cccc(N4CCC(NCC(CO)CCO)CC4)n3)ccc21. The second-order valence-electron chi connectivity index (χ2n) is 11.6. The molecule has 2 aromatic rings. The summed E-state index contributed by atoms with van der Waals surface area (Å²) in [6.07, 6.45) is 5.21. The largest absolute Gasteiger partial charge is 0.396 e. The Labute approximate surface area is 205 Å². The van der Waals surface area contributed by atoms with Crippen LogP contribution in [0.5, 0.6) is 0 Å². The Kier molecular flexibility index (Phi) is 7.66. The van der Waals surface area contributed by atoms with Gasteiger partial charge in [0.25, 0.3) is 0 Å². The van der Waals surface area contributed by atoms with Crippen molar-refractivity contribution in [1.29, 1.82) is 0 Å². The van der Waals surface area contributed by atoms with E-state index in [2.05, 4.69) is 74.3 Å². The zero-order valence-corrected chi connectivity index (χ0v) is 21.5. The first kappa shape index (κ1) is 25.2. The van der Waals surface area contributed by atoms with E-state index in [0.29, 0.717) is 12.5 Å². The molecule has 1 aliphatic heterocycles. The third-order valence-electron chi connectivity index (χ3n) is 8.19. The van der Waals surface area contributed by atoms with Crippen molar-refractivity contribution in [3.63, 3.8) is 0 Å². The standard InChI is InChI=1S/C29H43N3O2/c1-28(2)13-14-29(3,4)25-18-22(8-9-24(25)28)26-6-5-7-27(31-26)32-15-10-23(11-16-32)30-19-21(20-34)12-17-33/h5-9,18,21,23,30,33-34H,10-17,19-20H2,1-4H3. The molecule has 0 radical (unpaired) electrons. The van der Waals surface area contributed by atoms with E-state index in [9.17, 15) is 5.11 Å². The monoisotopic (exact) mass is 465 g/mol.